The van der Waals surface area contributed by atoms with Crippen molar-refractivity contribution in [3.8, 4) is 0 Å². The fourth-order valence-corrected chi connectivity index (χ4v) is 16.9. The van der Waals surface area contributed by atoms with Gasteiger partial charge >= 0.3 is 18.1 Å². The Labute approximate surface area is 738 Å². The lowest BCUT2D eigenvalue weighted by Crippen LogP contribution is -2.60. The number of aliphatic carboxylic acids is 1. The molecule has 2 aliphatic rings. The molecule has 5 aromatic rings. The summed E-state index contributed by atoms with van der Waals surface area (Å²) in [6.07, 6.45) is 4.16. The van der Waals surface area contributed by atoms with Gasteiger partial charge in [-0.15, -0.1) is 11.3 Å². The molecule has 5 heterocycles. The zero-order chi connectivity index (χ0) is 91.6. The molecule has 2 aromatic carbocycles. The van der Waals surface area contributed by atoms with Gasteiger partial charge < -0.3 is 90.6 Å². The summed E-state index contributed by atoms with van der Waals surface area (Å²) in [5.74, 6) is -7.07. The van der Waals surface area contributed by atoms with Gasteiger partial charge in [-0.3, -0.25) is 58.3 Å². The van der Waals surface area contributed by atoms with Gasteiger partial charge in [0.1, 0.15) is 41.4 Å². The number of urea groups is 1. The zero-order valence-electron chi connectivity index (χ0n) is 75.4. The van der Waals surface area contributed by atoms with E-state index in [2.05, 4.69) is 57.9 Å². The number of pyridine rings is 1. The van der Waals surface area contributed by atoms with E-state index in [-0.39, 0.29) is 133 Å². The number of likely N-dealkylation sites (N-methyl/N-ethyl adjacent to an activating group) is 2. The van der Waals surface area contributed by atoms with E-state index in [1.165, 1.54) is 30.4 Å². The molecule has 35 nitrogen and oxygen atoms in total. The van der Waals surface area contributed by atoms with E-state index in [4.69, 9.17) is 34.5 Å². The number of ether oxygens (including phenoxy) is 5. The van der Waals surface area contributed by atoms with Crippen molar-refractivity contribution in [2.45, 2.75) is 226 Å². The molecule has 0 saturated carbocycles. The summed E-state index contributed by atoms with van der Waals surface area (Å²) in [5, 5.41) is 31.6. The number of nitrogens with one attached hydrogen (secondary N) is 7. The van der Waals surface area contributed by atoms with E-state index in [0.29, 0.717) is 82.5 Å². The number of likely N-dealkylation sites (tertiary alicyclic amines) is 2. The first-order chi connectivity index (χ1) is 59.7. The van der Waals surface area contributed by atoms with Gasteiger partial charge in [0.25, 0.3) is 0 Å². The average Bonchev–Trinajstić information content (AvgIpc) is 1.61. The molecule has 0 radical (unpaired) electrons. The number of piperidine rings is 1. The van der Waals surface area contributed by atoms with Crippen LogP contribution in [0.15, 0.2) is 90.6 Å². The molecule has 690 valence electrons. The van der Waals surface area contributed by atoms with Gasteiger partial charge in [0.2, 0.25) is 53.2 Å². The van der Waals surface area contributed by atoms with Gasteiger partial charge in [0, 0.05) is 134 Å². The molecule has 0 aliphatic carbocycles. The highest BCUT2D eigenvalue weighted by Crippen LogP contribution is 2.32. The number of primary amides is 1. The Hall–Kier alpha value is -10.2. The highest BCUT2D eigenvalue weighted by atomic mass is 32.1. The van der Waals surface area contributed by atoms with Crippen molar-refractivity contribution >= 4 is 99.3 Å². The summed E-state index contributed by atoms with van der Waals surface area (Å²) in [5.41, 5.74) is 12.1. The monoisotopic (exact) mass is 1760 g/mol. The van der Waals surface area contributed by atoms with Crippen molar-refractivity contribution in [2.24, 2.45) is 35.3 Å². The number of methoxy groups -OCH3 is 2. The molecule has 0 spiro atoms. The maximum Gasteiger partial charge on any atom is 0.410 e. The van der Waals surface area contributed by atoms with Crippen LogP contribution in [0.3, 0.4) is 0 Å². The van der Waals surface area contributed by atoms with Crippen LogP contribution in [0.2, 0.25) is 0 Å². The Kier molecular flexibility index (Phi) is 41.9. The number of aryl methyl sites for hydroxylation is 1. The van der Waals surface area contributed by atoms with E-state index in [1.807, 2.05) is 87.7 Å². The van der Waals surface area contributed by atoms with Gasteiger partial charge in [-0.1, -0.05) is 111 Å². The minimum absolute atomic E-state index is 0.0111. The predicted molar refractivity (Wildman–Crippen MR) is 473 cm³/mol. The number of thiazole rings is 1. The molecule has 11 atom stereocenters. The minimum Gasteiger partial charge on any atom is -0.481 e. The van der Waals surface area contributed by atoms with Crippen LogP contribution in [0.5, 0.6) is 0 Å². The number of aromatic nitrogens is 3. The van der Waals surface area contributed by atoms with E-state index in [0.717, 1.165) is 27.3 Å². The molecule has 0 bridgehead atoms. The summed E-state index contributed by atoms with van der Waals surface area (Å²) in [6.45, 7) is 18.9. The van der Waals surface area contributed by atoms with Crippen molar-refractivity contribution in [2.75, 3.05) is 107 Å². The van der Waals surface area contributed by atoms with E-state index in [9.17, 15) is 57.5 Å². The number of amides is 12. The predicted octanol–water partition coefficient (Wildman–Crippen LogP) is 7.02. The standard InChI is InChI=1S/C89H135N17O18S/c1-16-59(8)79(70(120-14)53-74(110)106-41-22-27-69(106)80(121-15)60(9)82(113)97-68(86-93-40-50-125-86)51-61-23-18-17-19-24-61)101(12)87(117)77(57(4)5)99-85(116)78(58(6)7)102(13)89(119)124-55-62-28-30-64(31-29-62)95-83(114)67(26-21-39-94-88(90)118)96-84(115)76(56(2)3)98-71(107)32-33-73(109)104(45-47-123-49-48-122-46-37-75(111)112)65-34-42-103(43-35-65)72(108)36-44-105-66(54-100(11)91-10)52-63-25-20-38-92-81(63)105/h17-20,23-25,28-31,38,40,50,52,56-60,65,67-70,76-80,91H,16,21-22,26-27,32-37,39,41-49,51,53-55H2,1-15H3,(H,95,114)(H,96,115)(H,97,113)(H,98,107)(H,99,116)(H,111,112)(H3,90,94,118)/t59-,60+,67-,68-,69-,70+,76-,77-,78-,79-,80+/m0/s1. The van der Waals surface area contributed by atoms with E-state index in [1.54, 1.807) is 112 Å². The first-order valence-corrected chi connectivity index (χ1v) is 44.4. The number of carboxylic acids is 1. The second-order valence-corrected chi connectivity index (χ2v) is 34.3. The molecule has 36 heteroatoms. The van der Waals surface area contributed by atoms with Crippen LogP contribution in [-0.2, 0) is 97.7 Å². The number of carbonyl (C=O) groups is 12. The second-order valence-electron chi connectivity index (χ2n) is 33.4. The van der Waals surface area contributed by atoms with Gasteiger partial charge in [-0.05, 0) is 117 Å². The van der Waals surface area contributed by atoms with Crippen molar-refractivity contribution in [3.63, 3.8) is 0 Å². The van der Waals surface area contributed by atoms with Crippen LogP contribution in [0.25, 0.3) is 11.0 Å². The molecule has 2 saturated heterocycles. The minimum atomic E-state index is -1.21. The third-order valence-electron chi connectivity index (χ3n) is 23.4. The SMILES string of the molecule is CC[C@H](C)[C@@H]([C@@H](CC(=O)N1CCC[C@H]1[C@H](OC)[C@@H](C)C(=O)N[C@@H](Cc1ccccc1)c1nccs1)OC)N(C)C(=O)[C@@H](NC(=O)[C@H](C(C)C)N(C)C(=O)OCc1ccc(NC(=O)[C@H](CCCNC(N)=O)NC(=O)[C@@H](NC(=O)CCC(=O)N(CCOCCOCCC(=O)O)C2CCN(C(=O)CCn3c(CN(C)NC)cc4cccnc43)CC2)C(C)C)cc1)C(C)C. The summed E-state index contributed by atoms with van der Waals surface area (Å²) in [7, 11) is 9.90. The molecule has 10 N–H and O–H groups in total. The molecular formula is C89H135N17O18S. The average molecular weight is 1760 g/mol. The van der Waals surface area contributed by atoms with Crippen LogP contribution in [-0.4, -0.2) is 276 Å². The lowest BCUT2D eigenvalue weighted by molar-refractivity contribution is -0.148. The second kappa shape index (κ2) is 51.4. The third kappa shape index (κ3) is 30.8. The van der Waals surface area contributed by atoms with Crippen LogP contribution >= 0.6 is 11.3 Å². The van der Waals surface area contributed by atoms with E-state index < -0.39 is 120 Å². The molecule has 7 rings (SSSR count). The Morgan fingerprint density at radius 1 is 0.688 bits per heavy atom. The fourth-order valence-electron chi connectivity index (χ4n) is 16.2. The van der Waals surface area contributed by atoms with Crippen LogP contribution in [0.4, 0.5) is 15.3 Å². The summed E-state index contributed by atoms with van der Waals surface area (Å²) in [6, 6.07) is 15.0. The molecule has 3 aromatic heterocycles. The van der Waals surface area contributed by atoms with Gasteiger partial charge in [0.05, 0.1) is 82.1 Å². The van der Waals surface area contributed by atoms with Gasteiger partial charge in [0.15, 0.2) is 0 Å². The van der Waals surface area contributed by atoms with Crippen LogP contribution in [0, 0.1) is 29.6 Å². The maximum absolute atomic E-state index is 15.0. The Balaban J connectivity index is 0.925. The maximum atomic E-state index is 15.0. The number of carboxylic acid groups (broad SMARTS) is 1. The topological polar surface area (TPSA) is 432 Å². The number of benzene rings is 2. The molecule has 0 unspecified atom stereocenters. The number of hydrogen-bond acceptors (Lipinski definition) is 22. The zero-order valence-corrected chi connectivity index (χ0v) is 76.2. The number of hydrazine groups is 1. The fraction of sp³-hybridized carbons (Fsp3) is 0.618. The quantitative estimate of drug-likeness (QED) is 0.0139. The van der Waals surface area contributed by atoms with Crippen molar-refractivity contribution in [1.29, 1.82) is 0 Å². The number of nitrogens with two attached hydrogens (primary N) is 1. The highest BCUT2D eigenvalue weighted by Gasteiger charge is 2.45. The number of hydrogen-bond donors (Lipinski definition) is 9. The molecular weight excluding hydrogens is 1630 g/mol. The highest BCUT2D eigenvalue weighted by molar-refractivity contribution is 7.09. The normalized spacial score (nSPS) is 16.1. The largest absolute Gasteiger partial charge is 0.481 e. The number of rotatable bonds is 52. The summed E-state index contributed by atoms with van der Waals surface area (Å²) in [4.78, 5) is 183. The molecule has 125 heavy (non-hydrogen) atoms. The molecule has 2 fully saturated rings. The first kappa shape index (κ1) is 102. The first-order valence-electron chi connectivity index (χ1n) is 43.5. The molecule has 12 amide bonds. The number of anilines is 1. The van der Waals surface area contributed by atoms with Gasteiger partial charge in [-0.25, -0.2) is 24.6 Å². The van der Waals surface area contributed by atoms with Crippen LogP contribution in [0.1, 0.15) is 167 Å². The summed E-state index contributed by atoms with van der Waals surface area (Å²) < 4.78 is 31.3. The lowest BCUT2D eigenvalue weighted by Gasteiger charge is -2.41. The van der Waals surface area contributed by atoms with Crippen molar-refractivity contribution in [3.05, 3.63) is 112 Å². The molecule has 2 aliphatic heterocycles. The van der Waals surface area contributed by atoms with E-state index >= 15 is 0 Å². The van der Waals surface area contributed by atoms with Gasteiger partial charge in [-0.2, -0.15) is 0 Å². The smallest absolute Gasteiger partial charge is 0.410 e. The van der Waals surface area contributed by atoms with Crippen molar-refractivity contribution < 1.29 is 86.3 Å². The third-order valence-corrected chi connectivity index (χ3v) is 24.3. The number of fused-ring (bicyclic) bond motifs is 1. The number of nitrogens with zero attached hydrogens (tertiary/aromatic N) is 9. The van der Waals surface area contributed by atoms with Crippen LogP contribution < -0.4 is 43.1 Å². The number of carbonyl (C=O) groups excluding carboxylic acids is 11. The Morgan fingerprint density at radius 3 is 2.01 bits per heavy atom. The van der Waals surface area contributed by atoms with Crippen molar-refractivity contribution in [1.82, 2.24) is 76.1 Å². The Bertz CT molecular complexity index is 4280. The Morgan fingerprint density at radius 2 is 1.38 bits per heavy atom. The lowest BCUT2D eigenvalue weighted by atomic mass is 9.89. The summed E-state index contributed by atoms with van der Waals surface area (Å²) >= 11 is 1.46.